The van der Waals surface area contributed by atoms with Crippen LogP contribution in [0.25, 0.3) is 0 Å². The van der Waals surface area contributed by atoms with Crippen molar-refractivity contribution in [3.8, 4) is 0 Å². The Labute approximate surface area is 126 Å². The van der Waals surface area contributed by atoms with Crippen LogP contribution in [0.5, 0.6) is 0 Å². The van der Waals surface area contributed by atoms with Crippen molar-refractivity contribution in [2.45, 2.75) is 25.0 Å². The van der Waals surface area contributed by atoms with Gasteiger partial charge in [0.05, 0.1) is 12.0 Å². The van der Waals surface area contributed by atoms with E-state index in [1.807, 2.05) is 11.8 Å². The quantitative estimate of drug-likeness (QED) is 0.855. The minimum absolute atomic E-state index is 0. The first-order valence-electron chi connectivity index (χ1n) is 6.78. The summed E-state index contributed by atoms with van der Waals surface area (Å²) in [7, 11) is 1.70. The number of nitrogens with zero attached hydrogens (tertiary/aromatic N) is 1. The predicted octanol–water partition coefficient (Wildman–Crippen LogP) is 1.39. The number of methoxy groups -OCH3 is 1. The summed E-state index contributed by atoms with van der Waals surface area (Å²) in [6, 6.07) is 0. The molecule has 0 saturated carbocycles. The van der Waals surface area contributed by atoms with E-state index in [0.717, 1.165) is 44.8 Å². The molecule has 1 N–H and O–H groups in total. The van der Waals surface area contributed by atoms with Gasteiger partial charge in [-0.25, -0.2) is 0 Å². The minimum Gasteiger partial charge on any atom is -0.384 e. The molecule has 0 aromatic heterocycles. The highest BCUT2D eigenvalue weighted by Crippen LogP contribution is 2.33. The Morgan fingerprint density at radius 2 is 2.16 bits per heavy atom. The number of nitrogens with one attached hydrogen (secondary N) is 1. The number of rotatable bonds is 3. The van der Waals surface area contributed by atoms with Crippen molar-refractivity contribution in [3.05, 3.63) is 0 Å². The van der Waals surface area contributed by atoms with Gasteiger partial charge in [0.1, 0.15) is 0 Å². The lowest BCUT2D eigenvalue weighted by Gasteiger charge is -2.41. The van der Waals surface area contributed by atoms with Crippen LogP contribution in [0.1, 0.15) is 19.8 Å². The Kier molecular flexibility index (Phi) is 6.94. The second kappa shape index (κ2) is 7.72. The number of carbonyl (C=O) groups is 1. The maximum Gasteiger partial charge on any atom is 0.231 e. The summed E-state index contributed by atoms with van der Waals surface area (Å²) >= 11 is 1.96. The topological polar surface area (TPSA) is 41.6 Å². The normalized spacial score (nSPS) is 26.6. The maximum absolute atomic E-state index is 12.8. The first-order chi connectivity index (χ1) is 8.68. The van der Waals surface area contributed by atoms with Crippen LogP contribution < -0.4 is 5.32 Å². The maximum atomic E-state index is 12.8. The molecule has 0 bridgehead atoms. The highest BCUT2D eigenvalue weighted by atomic mass is 35.5. The van der Waals surface area contributed by atoms with Crippen molar-refractivity contribution in [2.75, 3.05) is 45.6 Å². The average molecular weight is 309 g/mol. The molecule has 0 aliphatic carbocycles. The van der Waals surface area contributed by atoms with Crippen LogP contribution in [-0.4, -0.2) is 61.7 Å². The molecule has 0 spiro atoms. The Morgan fingerprint density at radius 3 is 2.74 bits per heavy atom. The molecule has 0 radical (unpaired) electrons. The van der Waals surface area contributed by atoms with Gasteiger partial charge in [0.2, 0.25) is 5.91 Å². The fraction of sp³-hybridized carbons (Fsp3) is 0.923. The van der Waals surface area contributed by atoms with E-state index in [1.54, 1.807) is 7.11 Å². The number of hydrogen-bond donors (Lipinski definition) is 1. The van der Waals surface area contributed by atoms with Crippen molar-refractivity contribution >= 4 is 30.1 Å². The van der Waals surface area contributed by atoms with Gasteiger partial charge in [-0.15, -0.1) is 12.4 Å². The molecule has 6 heteroatoms. The summed E-state index contributed by atoms with van der Waals surface area (Å²) in [5.41, 5.74) is -0.276. The monoisotopic (exact) mass is 308 g/mol. The lowest BCUT2D eigenvalue weighted by atomic mass is 9.78. The Morgan fingerprint density at radius 1 is 1.47 bits per heavy atom. The van der Waals surface area contributed by atoms with Crippen molar-refractivity contribution in [1.82, 2.24) is 10.2 Å². The number of amides is 1. The minimum atomic E-state index is -0.276. The molecule has 2 aliphatic heterocycles. The van der Waals surface area contributed by atoms with E-state index in [-0.39, 0.29) is 17.8 Å². The summed E-state index contributed by atoms with van der Waals surface area (Å²) in [6.07, 6.45) is 1.80. The zero-order valence-corrected chi connectivity index (χ0v) is 13.4. The van der Waals surface area contributed by atoms with Gasteiger partial charge in [-0.3, -0.25) is 4.79 Å². The summed E-state index contributed by atoms with van der Waals surface area (Å²) < 4.78 is 5.34. The molecule has 4 nitrogen and oxygen atoms in total. The van der Waals surface area contributed by atoms with E-state index in [0.29, 0.717) is 17.8 Å². The molecule has 0 aromatic carbocycles. The average Bonchev–Trinajstić information content (AvgIpc) is 2.39. The first-order valence-corrected chi connectivity index (χ1v) is 7.83. The molecule has 112 valence electrons. The fourth-order valence-corrected chi connectivity index (χ4v) is 3.95. The fourth-order valence-electron chi connectivity index (χ4n) is 2.94. The zero-order chi connectivity index (χ0) is 13.0. The molecule has 1 unspecified atom stereocenters. The van der Waals surface area contributed by atoms with Crippen LogP contribution >= 0.6 is 24.2 Å². The van der Waals surface area contributed by atoms with Crippen molar-refractivity contribution in [2.24, 2.45) is 5.41 Å². The molecule has 0 aromatic rings. The van der Waals surface area contributed by atoms with E-state index in [4.69, 9.17) is 4.74 Å². The van der Waals surface area contributed by atoms with Gasteiger partial charge < -0.3 is 15.0 Å². The summed E-state index contributed by atoms with van der Waals surface area (Å²) in [6.45, 7) is 6.40. The van der Waals surface area contributed by atoms with E-state index in [9.17, 15) is 4.79 Å². The van der Waals surface area contributed by atoms with Crippen molar-refractivity contribution < 1.29 is 9.53 Å². The Hall–Kier alpha value is 0.0300. The highest BCUT2D eigenvalue weighted by Gasteiger charge is 2.42. The van der Waals surface area contributed by atoms with E-state index in [2.05, 4.69) is 17.1 Å². The molecule has 2 saturated heterocycles. The molecule has 1 amide bonds. The van der Waals surface area contributed by atoms with Crippen LogP contribution in [0.4, 0.5) is 0 Å². The Bertz CT molecular complexity index is 293. The van der Waals surface area contributed by atoms with Crippen LogP contribution in [0.15, 0.2) is 0 Å². The van der Waals surface area contributed by atoms with Crippen LogP contribution in [0, 0.1) is 5.41 Å². The third-order valence-electron chi connectivity index (χ3n) is 3.96. The molecular formula is C13H25ClN2O2S. The largest absolute Gasteiger partial charge is 0.384 e. The summed E-state index contributed by atoms with van der Waals surface area (Å²) in [4.78, 5) is 14.9. The SMILES string of the molecule is COCC1(C(=O)N2CCSC(C)C2)CCNCC1.Cl. The summed E-state index contributed by atoms with van der Waals surface area (Å²) in [5, 5.41) is 3.89. The lowest BCUT2D eigenvalue weighted by molar-refractivity contribution is -0.147. The van der Waals surface area contributed by atoms with Gasteiger partial charge in [0.15, 0.2) is 0 Å². The summed E-state index contributed by atoms with van der Waals surface area (Å²) in [5.74, 6) is 1.38. The van der Waals surface area contributed by atoms with Crippen molar-refractivity contribution in [1.29, 1.82) is 0 Å². The lowest BCUT2D eigenvalue weighted by Crippen LogP contribution is -2.54. The van der Waals surface area contributed by atoms with Gasteiger partial charge >= 0.3 is 0 Å². The molecule has 19 heavy (non-hydrogen) atoms. The van der Waals surface area contributed by atoms with Crippen molar-refractivity contribution in [3.63, 3.8) is 0 Å². The molecule has 2 fully saturated rings. The van der Waals surface area contributed by atoms with Crippen LogP contribution in [0.3, 0.4) is 0 Å². The van der Waals surface area contributed by atoms with Crippen LogP contribution in [0.2, 0.25) is 0 Å². The van der Waals surface area contributed by atoms with Gasteiger partial charge in [-0.2, -0.15) is 11.8 Å². The third kappa shape index (κ3) is 4.00. The molecular weight excluding hydrogens is 284 g/mol. The Balaban J connectivity index is 0.00000180. The standard InChI is InChI=1S/C13H24N2O2S.ClH/c1-11-9-15(7-8-18-11)12(16)13(10-17-2)3-5-14-6-4-13;/h11,14H,3-10H2,1-2H3;1H. The molecule has 2 heterocycles. The highest BCUT2D eigenvalue weighted by molar-refractivity contribution is 7.99. The van der Waals surface area contributed by atoms with E-state index < -0.39 is 0 Å². The second-order valence-corrected chi connectivity index (χ2v) is 6.94. The zero-order valence-electron chi connectivity index (χ0n) is 11.8. The second-order valence-electron chi connectivity index (χ2n) is 5.40. The molecule has 2 aliphatic rings. The smallest absolute Gasteiger partial charge is 0.231 e. The number of carbonyl (C=O) groups excluding carboxylic acids is 1. The predicted molar refractivity (Wildman–Crippen MR) is 82.2 cm³/mol. The molecule has 1 atom stereocenters. The number of thioether (sulfide) groups is 1. The number of piperidine rings is 1. The first kappa shape index (κ1) is 17.1. The van der Waals surface area contributed by atoms with E-state index in [1.165, 1.54) is 0 Å². The van der Waals surface area contributed by atoms with Gasteiger partial charge in [0.25, 0.3) is 0 Å². The van der Waals surface area contributed by atoms with Gasteiger partial charge in [-0.05, 0) is 25.9 Å². The molecule has 2 rings (SSSR count). The number of ether oxygens (including phenoxy) is 1. The van der Waals surface area contributed by atoms with Gasteiger partial charge in [-0.1, -0.05) is 6.92 Å². The van der Waals surface area contributed by atoms with Gasteiger partial charge in [0, 0.05) is 31.2 Å². The van der Waals surface area contributed by atoms with E-state index >= 15 is 0 Å². The van der Waals surface area contributed by atoms with Crippen LogP contribution in [-0.2, 0) is 9.53 Å². The number of halogens is 1. The third-order valence-corrected chi connectivity index (χ3v) is 5.10. The number of hydrogen-bond acceptors (Lipinski definition) is 4.